The molecule has 1 heterocycles. The predicted molar refractivity (Wildman–Crippen MR) is 203 cm³/mol. The van der Waals surface area contributed by atoms with Gasteiger partial charge in [-0.1, -0.05) is 12.1 Å². The first-order valence-electron chi connectivity index (χ1n) is 17.6. The molecule has 16 nitrogen and oxygen atoms in total. The van der Waals surface area contributed by atoms with Crippen molar-refractivity contribution < 1.29 is 78.1 Å². The van der Waals surface area contributed by atoms with Crippen molar-refractivity contribution >= 4 is 12.4 Å². The Morgan fingerprint density at radius 1 is 0.702 bits per heavy atom. The number of benzene rings is 4. The van der Waals surface area contributed by atoms with Crippen LogP contribution in [0, 0.1) is 0 Å². The first-order chi connectivity index (χ1) is 27.6. The molecule has 0 amide bonds. The van der Waals surface area contributed by atoms with Crippen molar-refractivity contribution in [2.45, 2.75) is 36.6 Å². The van der Waals surface area contributed by atoms with Crippen molar-refractivity contribution in [1.29, 1.82) is 0 Å². The number of aliphatic hydroxyl groups is 5. The van der Waals surface area contributed by atoms with E-state index in [-0.39, 0.29) is 52.6 Å². The second-order valence-corrected chi connectivity index (χ2v) is 12.6. The lowest BCUT2D eigenvalue weighted by molar-refractivity contribution is -0.109. The summed E-state index contributed by atoms with van der Waals surface area (Å²) in [6, 6.07) is 15.3. The van der Waals surface area contributed by atoms with Crippen molar-refractivity contribution in [1.82, 2.24) is 0 Å². The van der Waals surface area contributed by atoms with E-state index in [9.17, 15) is 35.4 Å². The molecule has 4 aromatic rings. The fourth-order valence-corrected chi connectivity index (χ4v) is 6.33. The molecule has 0 saturated heterocycles. The van der Waals surface area contributed by atoms with Gasteiger partial charge in [0.05, 0.1) is 61.3 Å². The number of aromatic hydroxyl groups is 1. The molecule has 0 spiro atoms. The van der Waals surface area contributed by atoms with Gasteiger partial charge >= 0.3 is 0 Å². The number of fused-ring (bicyclic) bond motifs is 1. The summed E-state index contributed by atoms with van der Waals surface area (Å²) in [6.45, 7) is -1.58. The number of aliphatic hydroxyl groups excluding tert-OH is 5. The molecule has 16 heteroatoms. The Morgan fingerprint density at radius 2 is 1.37 bits per heavy atom. The summed E-state index contributed by atoms with van der Waals surface area (Å²) in [6.07, 6.45) is -2.72. The molecular weight excluding hydrogens is 748 g/mol. The van der Waals surface area contributed by atoms with Crippen molar-refractivity contribution in [3.63, 3.8) is 0 Å². The second-order valence-electron chi connectivity index (χ2n) is 12.6. The van der Waals surface area contributed by atoms with Gasteiger partial charge in [0.1, 0.15) is 24.2 Å². The van der Waals surface area contributed by atoms with Crippen LogP contribution in [-0.4, -0.2) is 111 Å². The predicted octanol–water partition coefficient (Wildman–Crippen LogP) is 3.47. The number of carbonyl (C=O) groups excluding carboxylic acids is 1. The first-order valence-corrected chi connectivity index (χ1v) is 17.6. The number of hydrogen-bond acceptors (Lipinski definition) is 16. The van der Waals surface area contributed by atoms with Gasteiger partial charge in [-0.15, -0.1) is 0 Å². The van der Waals surface area contributed by atoms with Crippen LogP contribution in [0.25, 0.3) is 6.08 Å². The van der Waals surface area contributed by atoms with Gasteiger partial charge in [0, 0.05) is 17.2 Å². The number of methoxy groups -OCH3 is 5. The van der Waals surface area contributed by atoms with Crippen LogP contribution in [0.3, 0.4) is 0 Å². The Balaban J connectivity index is 1.34. The zero-order chi connectivity index (χ0) is 41.2. The van der Waals surface area contributed by atoms with Gasteiger partial charge in [-0.25, -0.2) is 0 Å². The van der Waals surface area contributed by atoms with Crippen molar-refractivity contribution in [3.8, 4) is 57.5 Å². The largest absolute Gasteiger partial charge is 0.504 e. The van der Waals surface area contributed by atoms with Crippen LogP contribution in [0.5, 0.6) is 57.5 Å². The van der Waals surface area contributed by atoms with Crippen LogP contribution in [0.1, 0.15) is 40.4 Å². The molecule has 1 aliphatic rings. The highest BCUT2D eigenvalue weighted by molar-refractivity contribution is 5.75. The zero-order valence-electron chi connectivity index (χ0n) is 31.9. The van der Waals surface area contributed by atoms with Gasteiger partial charge in [-0.05, 0) is 65.7 Å². The molecule has 0 bridgehead atoms. The molecule has 5 rings (SSSR count). The number of rotatable bonds is 20. The lowest BCUT2D eigenvalue weighted by atomic mass is 9.90. The van der Waals surface area contributed by atoms with Crippen LogP contribution < -0.4 is 42.6 Å². The quantitative estimate of drug-likeness (QED) is 0.0428. The molecule has 1 aliphatic heterocycles. The van der Waals surface area contributed by atoms with Gasteiger partial charge in [-0.3, -0.25) is 4.79 Å². The Labute approximate surface area is 328 Å². The lowest BCUT2D eigenvalue weighted by Gasteiger charge is -2.26. The second kappa shape index (κ2) is 19.3. The third kappa shape index (κ3) is 9.22. The molecule has 6 atom stereocenters. The molecule has 0 fully saturated rings. The number of hydrogen-bond donors (Lipinski definition) is 6. The summed E-state index contributed by atoms with van der Waals surface area (Å²) in [5.41, 5.74) is 2.20. The van der Waals surface area contributed by atoms with Crippen LogP contribution in [-0.2, 0) is 4.79 Å². The van der Waals surface area contributed by atoms with E-state index in [4.69, 9.17) is 42.6 Å². The lowest BCUT2D eigenvalue weighted by Crippen LogP contribution is -2.39. The summed E-state index contributed by atoms with van der Waals surface area (Å²) in [4.78, 5) is 10.9. The van der Waals surface area contributed by atoms with E-state index in [1.807, 2.05) is 0 Å². The first kappa shape index (κ1) is 42.2. The van der Waals surface area contributed by atoms with Crippen molar-refractivity contribution in [2.75, 3.05) is 55.4 Å². The fraction of sp³-hybridized carbons (Fsp3) is 0.341. The van der Waals surface area contributed by atoms with Gasteiger partial charge in [0.15, 0.2) is 58.2 Å². The fourth-order valence-electron chi connectivity index (χ4n) is 6.33. The normalized spacial score (nSPS) is 16.7. The summed E-state index contributed by atoms with van der Waals surface area (Å²) in [5.74, 6) is 0.944. The van der Waals surface area contributed by atoms with E-state index in [0.29, 0.717) is 40.0 Å². The topological polar surface area (TPSA) is 222 Å². The molecule has 6 N–H and O–H groups in total. The van der Waals surface area contributed by atoms with Crippen molar-refractivity contribution in [2.24, 2.45) is 0 Å². The minimum Gasteiger partial charge on any atom is -0.504 e. The third-order valence-electron chi connectivity index (χ3n) is 9.23. The van der Waals surface area contributed by atoms with E-state index < -0.39 is 49.8 Å². The average molecular weight is 795 g/mol. The van der Waals surface area contributed by atoms with E-state index in [1.165, 1.54) is 78.0 Å². The van der Waals surface area contributed by atoms with Gasteiger partial charge < -0.3 is 73.3 Å². The maximum absolute atomic E-state index is 11.2. The molecule has 0 aromatic heterocycles. The Bertz CT molecular complexity index is 1990. The summed E-state index contributed by atoms with van der Waals surface area (Å²) >= 11 is 0. The van der Waals surface area contributed by atoms with Crippen LogP contribution in [0.4, 0.5) is 0 Å². The van der Waals surface area contributed by atoms with Gasteiger partial charge in [0.25, 0.3) is 0 Å². The minimum atomic E-state index is -1.78. The molecule has 4 aromatic carbocycles. The highest BCUT2D eigenvalue weighted by Crippen LogP contribution is 2.53. The molecular formula is C41H46O16. The number of phenols is 1. The van der Waals surface area contributed by atoms with E-state index in [2.05, 4.69) is 0 Å². The molecule has 0 saturated carbocycles. The Morgan fingerprint density at radius 3 is 1.96 bits per heavy atom. The number of phenolic OH excluding ortho intramolecular Hbond substituents is 1. The Kier molecular flexibility index (Phi) is 14.3. The van der Waals surface area contributed by atoms with E-state index >= 15 is 0 Å². The smallest absolute Gasteiger partial charge is 0.237 e. The number of aldehydes is 1. The van der Waals surface area contributed by atoms with Crippen molar-refractivity contribution in [3.05, 3.63) is 89.0 Å². The highest BCUT2D eigenvalue weighted by atomic mass is 16.6. The van der Waals surface area contributed by atoms with Crippen LogP contribution >= 0.6 is 0 Å². The standard InChI is InChI=1S/C41H46O16/c1-49-30-15-23(8-10-28(30)46)37(47)35(20-44)55-29-11-9-25(18-31(29)50-2)54-36(21-45)41(48)57-40-33(52-4)16-24(17-34(40)53-5)38-27(19-43)26-13-22(7-6-12-42)14-32(51-3)39(26)56-38/h6-18,27,35-38,41,43-48H,19-21H2,1-5H3. The molecule has 6 unspecified atom stereocenters. The molecule has 0 radical (unpaired) electrons. The molecule has 57 heavy (non-hydrogen) atoms. The molecule has 0 aliphatic carbocycles. The maximum Gasteiger partial charge on any atom is 0.237 e. The van der Waals surface area contributed by atoms with Gasteiger partial charge in [0.2, 0.25) is 12.0 Å². The number of allylic oxidation sites excluding steroid dienone is 1. The van der Waals surface area contributed by atoms with Crippen LogP contribution in [0.15, 0.2) is 66.7 Å². The average Bonchev–Trinajstić information content (AvgIpc) is 3.62. The zero-order valence-corrected chi connectivity index (χ0v) is 31.9. The number of ether oxygens (including phenoxy) is 9. The number of carbonyl (C=O) groups is 1. The maximum atomic E-state index is 11.2. The SMILES string of the molecule is COc1cc(C(O)C(CO)Oc2ccc(OC(CO)C(O)Oc3c(OC)cc(C4Oc5c(OC)cc(C=CC=O)cc5C4CO)cc3OC)cc2OC)ccc1O. The van der Waals surface area contributed by atoms with Gasteiger partial charge in [-0.2, -0.15) is 0 Å². The summed E-state index contributed by atoms with van der Waals surface area (Å²) < 4.78 is 51.4. The Hall–Kier alpha value is -5.91. The van der Waals surface area contributed by atoms with Crippen LogP contribution in [0.2, 0.25) is 0 Å². The highest BCUT2D eigenvalue weighted by Gasteiger charge is 2.39. The monoisotopic (exact) mass is 794 g/mol. The summed E-state index contributed by atoms with van der Waals surface area (Å²) in [5, 5.41) is 62.9. The van der Waals surface area contributed by atoms with E-state index in [1.54, 1.807) is 30.3 Å². The minimum absolute atomic E-state index is 0.0191. The third-order valence-corrected chi connectivity index (χ3v) is 9.23. The summed E-state index contributed by atoms with van der Waals surface area (Å²) in [7, 11) is 6.99. The molecule has 306 valence electrons. The van der Waals surface area contributed by atoms with E-state index in [0.717, 1.165) is 0 Å².